The normalized spacial score (nSPS) is 13.6. The molecule has 21 heavy (non-hydrogen) atoms. The number of nitrogens with one attached hydrogen (secondary N) is 1. The first-order chi connectivity index (χ1) is 9.97. The molecule has 0 aliphatic carbocycles. The lowest BCUT2D eigenvalue weighted by Crippen LogP contribution is -2.21. The monoisotopic (exact) mass is 336 g/mol. The molecular weight excluding hydrogens is 321 g/mol. The average Bonchev–Trinajstić information content (AvgIpc) is 3.05. The van der Waals surface area contributed by atoms with E-state index in [-0.39, 0.29) is 6.04 Å². The van der Waals surface area contributed by atoms with E-state index >= 15 is 0 Å². The van der Waals surface area contributed by atoms with Crippen molar-refractivity contribution in [1.29, 1.82) is 0 Å². The molecule has 0 spiro atoms. The van der Waals surface area contributed by atoms with Gasteiger partial charge in [0.05, 0.1) is 16.6 Å². The van der Waals surface area contributed by atoms with Gasteiger partial charge < -0.3 is 5.32 Å². The lowest BCUT2D eigenvalue weighted by Gasteiger charge is -2.15. The van der Waals surface area contributed by atoms with Crippen molar-refractivity contribution >= 4 is 22.9 Å². The zero-order valence-electron chi connectivity index (χ0n) is 11.6. The summed E-state index contributed by atoms with van der Waals surface area (Å²) in [7, 11) is 0. The second kappa shape index (κ2) is 6.80. The first-order valence-electron chi connectivity index (χ1n) is 6.54. The summed E-state index contributed by atoms with van der Waals surface area (Å²) in [5.41, 5.74) is 0.843. The molecule has 0 fully saturated rings. The summed E-state index contributed by atoms with van der Waals surface area (Å²) in [4.78, 5) is 4.90. The molecule has 0 aliphatic heterocycles. The van der Waals surface area contributed by atoms with E-state index in [1.165, 1.54) is 17.7 Å². The molecule has 116 valence electrons. The molecule has 1 N–H and O–H groups in total. The number of hydrogen-bond donors (Lipinski definition) is 1. The van der Waals surface area contributed by atoms with Gasteiger partial charge in [-0.25, -0.2) is 4.98 Å². The predicted octanol–water partition coefficient (Wildman–Crippen LogP) is 3.66. The van der Waals surface area contributed by atoms with E-state index in [1.54, 1.807) is 0 Å². The van der Waals surface area contributed by atoms with Crippen LogP contribution < -0.4 is 5.32 Å². The van der Waals surface area contributed by atoms with Gasteiger partial charge in [-0.15, -0.1) is 16.4 Å². The third kappa shape index (κ3) is 3.78. The first kappa shape index (κ1) is 16.3. The molecule has 2 aromatic rings. The molecule has 2 heterocycles. The maximum atomic E-state index is 12.7. The highest BCUT2D eigenvalue weighted by atomic mass is 32.1. The number of aromatic nitrogens is 3. The summed E-state index contributed by atoms with van der Waals surface area (Å²) in [5.74, 6) is 0. The van der Waals surface area contributed by atoms with Gasteiger partial charge in [-0.2, -0.15) is 13.2 Å². The molecule has 0 saturated heterocycles. The van der Waals surface area contributed by atoms with Crippen molar-refractivity contribution in [3.63, 3.8) is 0 Å². The van der Waals surface area contributed by atoms with E-state index in [0.717, 1.165) is 23.4 Å². The van der Waals surface area contributed by atoms with Crippen molar-refractivity contribution in [2.24, 2.45) is 0 Å². The van der Waals surface area contributed by atoms with Crippen molar-refractivity contribution in [1.82, 2.24) is 19.9 Å². The van der Waals surface area contributed by atoms with Gasteiger partial charge in [0.15, 0.2) is 5.01 Å². The standard InChI is InChI=1S/C12H15F3N4S2/c1-3-5-7-10(21-19-18-7)9(16-4-2)8-6-17-11(20-8)12(13,14)15/h6,9,16H,3-5H2,1-2H3. The van der Waals surface area contributed by atoms with Crippen LogP contribution in [-0.4, -0.2) is 21.1 Å². The summed E-state index contributed by atoms with van der Waals surface area (Å²) in [6.45, 7) is 4.57. The van der Waals surface area contributed by atoms with Gasteiger partial charge in [0, 0.05) is 11.1 Å². The molecule has 4 nitrogen and oxygen atoms in total. The highest BCUT2D eigenvalue weighted by Crippen LogP contribution is 2.37. The smallest absolute Gasteiger partial charge is 0.305 e. The maximum absolute atomic E-state index is 12.7. The molecule has 0 bridgehead atoms. The molecule has 0 aliphatic rings. The van der Waals surface area contributed by atoms with Crippen LogP contribution in [0.4, 0.5) is 13.2 Å². The minimum atomic E-state index is -4.40. The molecule has 2 rings (SSSR count). The Morgan fingerprint density at radius 2 is 2.10 bits per heavy atom. The Labute approximate surface area is 128 Å². The Balaban J connectivity index is 2.34. The summed E-state index contributed by atoms with van der Waals surface area (Å²) in [6.07, 6.45) is -1.44. The van der Waals surface area contributed by atoms with Crippen LogP contribution in [0.3, 0.4) is 0 Å². The second-order valence-electron chi connectivity index (χ2n) is 4.39. The maximum Gasteiger partial charge on any atom is 0.443 e. The molecule has 0 saturated carbocycles. The number of hydrogen-bond acceptors (Lipinski definition) is 6. The summed E-state index contributed by atoms with van der Waals surface area (Å²) < 4.78 is 42.0. The van der Waals surface area contributed by atoms with Crippen molar-refractivity contribution in [2.45, 2.75) is 38.9 Å². The molecule has 0 aromatic carbocycles. The van der Waals surface area contributed by atoms with Gasteiger partial charge in [-0.1, -0.05) is 24.8 Å². The molecule has 0 radical (unpaired) electrons. The van der Waals surface area contributed by atoms with Crippen LogP contribution in [-0.2, 0) is 12.6 Å². The summed E-state index contributed by atoms with van der Waals surface area (Å²) >= 11 is 1.89. The van der Waals surface area contributed by atoms with Crippen molar-refractivity contribution in [2.75, 3.05) is 6.54 Å². The summed E-state index contributed by atoms with van der Waals surface area (Å²) in [6, 6.07) is -0.329. The van der Waals surface area contributed by atoms with Gasteiger partial charge in [0.25, 0.3) is 0 Å². The van der Waals surface area contributed by atoms with Crippen LogP contribution in [0.25, 0.3) is 0 Å². The number of halogens is 3. The van der Waals surface area contributed by atoms with Crippen LogP contribution in [0.2, 0.25) is 0 Å². The van der Waals surface area contributed by atoms with Gasteiger partial charge in [0.1, 0.15) is 0 Å². The minimum absolute atomic E-state index is 0.329. The predicted molar refractivity (Wildman–Crippen MR) is 76.5 cm³/mol. The van der Waals surface area contributed by atoms with E-state index in [1.807, 2.05) is 13.8 Å². The number of thiazole rings is 1. The SMILES string of the molecule is CCCc1nnsc1C(NCC)c1cnc(C(F)(F)F)s1. The van der Waals surface area contributed by atoms with E-state index in [0.29, 0.717) is 22.8 Å². The number of nitrogens with zero attached hydrogens (tertiary/aromatic N) is 3. The fraction of sp³-hybridized carbons (Fsp3) is 0.583. The van der Waals surface area contributed by atoms with Crippen LogP contribution >= 0.6 is 22.9 Å². The van der Waals surface area contributed by atoms with E-state index < -0.39 is 11.2 Å². The molecule has 9 heteroatoms. The molecule has 0 amide bonds. The van der Waals surface area contributed by atoms with Crippen LogP contribution in [0.1, 0.15) is 46.8 Å². The highest BCUT2D eigenvalue weighted by Gasteiger charge is 2.35. The third-order valence-electron chi connectivity index (χ3n) is 2.79. The summed E-state index contributed by atoms with van der Waals surface area (Å²) in [5, 5.41) is 6.45. The van der Waals surface area contributed by atoms with Crippen molar-refractivity contribution < 1.29 is 13.2 Å². The van der Waals surface area contributed by atoms with Gasteiger partial charge >= 0.3 is 6.18 Å². The van der Waals surface area contributed by atoms with Crippen molar-refractivity contribution in [3.8, 4) is 0 Å². The topological polar surface area (TPSA) is 50.7 Å². The van der Waals surface area contributed by atoms with Crippen LogP contribution in [0, 0.1) is 0 Å². The van der Waals surface area contributed by atoms with E-state index in [2.05, 4.69) is 19.9 Å². The molecule has 1 atom stereocenters. The minimum Gasteiger partial charge on any atom is -0.305 e. The lowest BCUT2D eigenvalue weighted by atomic mass is 10.1. The van der Waals surface area contributed by atoms with E-state index in [4.69, 9.17) is 0 Å². The highest BCUT2D eigenvalue weighted by molar-refractivity contribution is 7.12. The quantitative estimate of drug-likeness (QED) is 0.874. The van der Waals surface area contributed by atoms with Crippen LogP contribution in [0.15, 0.2) is 6.20 Å². The fourth-order valence-corrected chi connectivity index (χ4v) is 3.66. The Kier molecular flexibility index (Phi) is 5.28. The molecule has 1 unspecified atom stereocenters. The molecule has 2 aromatic heterocycles. The number of alkyl halides is 3. The average molecular weight is 336 g/mol. The fourth-order valence-electron chi connectivity index (χ4n) is 1.92. The second-order valence-corrected chi connectivity index (χ2v) is 6.24. The van der Waals surface area contributed by atoms with Gasteiger partial charge in [0.2, 0.25) is 0 Å². The van der Waals surface area contributed by atoms with Crippen molar-refractivity contribution in [3.05, 3.63) is 26.7 Å². The van der Waals surface area contributed by atoms with Crippen LogP contribution in [0.5, 0.6) is 0 Å². The Bertz CT molecular complexity index is 579. The lowest BCUT2D eigenvalue weighted by molar-refractivity contribution is -0.137. The Morgan fingerprint density at radius 1 is 1.33 bits per heavy atom. The largest absolute Gasteiger partial charge is 0.443 e. The Hall–Kier alpha value is -1.06. The zero-order valence-corrected chi connectivity index (χ0v) is 13.2. The van der Waals surface area contributed by atoms with Gasteiger partial charge in [-0.05, 0) is 24.5 Å². The third-order valence-corrected chi connectivity index (χ3v) is 4.73. The van der Waals surface area contributed by atoms with E-state index in [9.17, 15) is 13.2 Å². The van der Waals surface area contributed by atoms with Gasteiger partial charge in [-0.3, -0.25) is 0 Å². The number of rotatable bonds is 6. The first-order valence-corrected chi connectivity index (χ1v) is 8.13. The number of aryl methyl sites for hydroxylation is 1. The molecular formula is C12H15F3N4S2. The Morgan fingerprint density at radius 3 is 2.67 bits per heavy atom. The zero-order chi connectivity index (χ0) is 15.5.